The van der Waals surface area contributed by atoms with Crippen LogP contribution in [0.15, 0.2) is 34.9 Å². The molecule has 3 rings (SSSR count). The minimum absolute atomic E-state index is 0.0202. The number of benzene rings is 1. The number of carbonyl (C=O) groups excluding carboxylic acids is 2. The summed E-state index contributed by atoms with van der Waals surface area (Å²) in [5, 5.41) is 7.04. The first-order chi connectivity index (χ1) is 13.0. The Kier molecular flexibility index (Phi) is 6.31. The maximum Gasteiger partial charge on any atom is 0.260 e. The molecule has 1 aliphatic rings. The maximum absolute atomic E-state index is 12.3. The maximum atomic E-state index is 12.3. The summed E-state index contributed by atoms with van der Waals surface area (Å²) < 4.78 is 10.4. The molecule has 8 nitrogen and oxygen atoms in total. The molecule has 0 spiro atoms. The largest absolute Gasteiger partial charge is 0.484 e. The van der Waals surface area contributed by atoms with Gasteiger partial charge in [0.15, 0.2) is 12.4 Å². The number of hydrogen-bond donors (Lipinski definition) is 1. The number of rotatable bonds is 6. The Morgan fingerprint density at radius 2 is 1.93 bits per heavy atom. The van der Waals surface area contributed by atoms with Crippen molar-refractivity contribution >= 4 is 29.2 Å². The van der Waals surface area contributed by atoms with Gasteiger partial charge in [-0.25, -0.2) is 0 Å². The summed E-state index contributed by atoms with van der Waals surface area (Å²) in [6.07, 6.45) is 0. The topological polar surface area (TPSA) is 87.9 Å². The van der Waals surface area contributed by atoms with E-state index in [0.29, 0.717) is 48.5 Å². The van der Waals surface area contributed by atoms with E-state index < -0.39 is 0 Å². The van der Waals surface area contributed by atoms with Crippen LogP contribution in [0.3, 0.4) is 0 Å². The standard InChI is InChI=1S/C18H21ClN4O4/c1-13-10-16(21-27-13)20-17(24)11-22-6-8-23(9-7-22)18(25)12-26-15-4-2-14(19)3-5-15/h2-5,10H,6-9,11-12H2,1H3,(H,20,21,24). The van der Waals surface area contributed by atoms with E-state index in [4.69, 9.17) is 20.9 Å². The van der Waals surface area contributed by atoms with Crippen molar-refractivity contribution in [2.45, 2.75) is 6.92 Å². The fourth-order valence-electron chi connectivity index (χ4n) is 2.73. The summed E-state index contributed by atoms with van der Waals surface area (Å²) in [6.45, 7) is 4.34. The molecule has 1 aromatic heterocycles. The van der Waals surface area contributed by atoms with Gasteiger partial charge in [-0.3, -0.25) is 14.5 Å². The lowest BCUT2D eigenvalue weighted by atomic mass is 10.3. The quantitative estimate of drug-likeness (QED) is 0.806. The number of aromatic nitrogens is 1. The molecule has 1 aromatic carbocycles. The molecule has 0 unspecified atom stereocenters. The third-order valence-electron chi connectivity index (χ3n) is 4.16. The second kappa shape index (κ2) is 8.88. The molecule has 1 saturated heterocycles. The predicted molar refractivity (Wildman–Crippen MR) is 99.8 cm³/mol. The number of ether oxygens (including phenoxy) is 1. The molecule has 1 N–H and O–H groups in total. The Bertz CT molecular complexity index is 785. The molecule has 1 fully saturated rings. The third-order valence-corrected chi connectivity index (χ3v) is 4.42. The number of hydrogen-bond acceptors (Lipinski definition) is 6. The smallest absolute Gasteiger partial charge is 0.260 e. The SMILES string of the molecule is Cc1cc(NC(=O)CN2CCN(C(=O)COc3ccc(Cl)cc3)CC2)no1. The van der Waals surface area contributed by atoms with Gasteiger partial charge in [-0.15, -0.1) is 0 Å². The molecule has 9 heteroatoms. The lowest BCUT2D eigenvalue weighted by Crippen LogP contribution is -2.51. The monoisotopic (exact) mass is 392 g/mol. The van der Waals surface area contributed by atoms with Gasteiger partial charge in [0.05, 0.1) is 6.54 Å². The lowest BCUT2D eigenvalue weighted by molar-refractivity contribution is -0.135. The number of aryl methyl sites for hydroxylation is 1. The lowest BCUT2D eigenvalue weighted by Gasteiger charge is -2.34. The van der Waals surface area contributed by atoms with Gasteiger partial charge in [0.2, 0.25) is 5.91 Å². The van der Waals surface area contributed by atoms with Gasteiger partial charge in [0.1, 0.15) is 11.5 Å². The van der Waals surface area contributed by atoms with Gasteiger partial charge in [-0.2, -0.15) is 0 Å². The van der Waals surface area contributed by atoms with Crippen LogP contribution in [0.2, 0.25) is 5.02 Å². The summed E-state index contributed by atoms with van der Waals surface area (Å²) in [5.41, 5.74) is 0. The van der Waals surface area contributed by atoms with Crippen molar-refractivity contribution in [3.8, 4) is 5.75 Å². The highest BCUT2D eigenvalue weighted by Crippen LogP contribution is 2.15. The normalized spacial score (nSPS) is 14.8. The molecule has 0 saturated carbocycles. The van der Waals surface area contributed by atoms with Gasteiger partial charge >= 0.3 is 0 Å². The van der Waals surface area contributed by atoms with Gasteiger partial charge in [-0.05, 0) is 31.2 Å². The predicted octanol–water partition coefficient (Wildman–Crippen LogP) is 1.80. The van der Waals surface area contributed by atoms with Crippen molar-refractivity contribution in [1.82, 2.24) is 15.0 Å². The molecular weight excluding hydrogens is 372 g/mol. The van der Waals surface area contributed by atoms with E-state index >= 15 is 0 Å². The van der Waals surface area contributed by atoms with Crippen molar-refractivity contribution in [1.29, 1.82) is 0 Å². The molecule has 0 bridgehead atoms. The highest BCUT2D eigenvalue weighted by molar-refractivity contribution is 6.30. The first kappa shape index (κ1) is 19.2. The van der Waals surface area contributed by atoms with Crippen LogP contribution in [-0.4, -0.2) is 66.1 Å². The molecule has 2 amide bonds. The number of nitrogens with zero attached hydrogens (tertiary/aromatic N) is 3. The summed E-state index contributed by atoms with van der Waals surface area (Å²) in [4.78, 5) is 28.0. The number of halogens is 1. The van der Waals surface area contributed by atoms with Gasteiger partial charge in [0, 0.05) is 37.3 Å². The highest BCUT2D eigenvalue weighted by Gasteiger charge is 2.23. The first-order valence-electron chi connectivity index (χ1n) is 8.61. The van der Waals surface area contributed by atoms with Gasteiger partial charge < -0.3 is 19.5 Å². The Morgan fingerprint density at radius 1 is 1.22 bits per heavy atom. The van der Waals surface area contributed by atoms with E-state index in [0.717, 1.165) is 0 Å². The average Bonchev–Trinajstić information content (AvgIpc) is 3.06. The fourth-order valence-corrected chi connectivity index (χ4v) is 2.86. The van der Waals surface area contributed by atoms with Crippen LogP contribution < -0.4 is 10.1 Å². The molecule has 2 aromatic rings. The van der Waals surface area contributed by atoms with Crippen molar-refractivity contribution in [3.05, 3.63) is 41.1 Å². The summed E-state index contributed by atoms with van der Waals surface area (Å²) in [7, 11) is 0. The first-order valence-corrected chi connectivity index (χ1v) is 8.99. The van der Waals surface area contributed by atoms with E-state index in [1.165, 1.54) is 0 Å². The molecular formula is C18H21ClN4O4. The van der Waals surface area contributed by atoms with Gasteiger partial charge in [0.25, 0.3) is 5.91 Å². The third kappa shape index (κ3) is 5.70. The van der Waals surface area contributed by atoms with E-state index in [1.54, 1.807) is 42.2 Å². The van der Waals surface area contributed by atoms with Crippen LogP contribution in [0, 0.1) is 6.92 Å². The second-order valence-electron chi connectivity index (χ2n) is 6.27. The van der Waals surface area contributed by atoms with Crippen molar-refractivity contribution in [2.24, 2.45) is 0 Å². The van der Waals surface area contributed by atoms with Crippen LogP contribution in [0.5, 0.6) is 5.75 Å². The second-order valence-corrected chi connectivity index (χ2v) is 6.71. The number of piperazine rings is 1. The summed E-state index contributed by atoms with van der Waals surface area (Å²) in [6, 6.07) is 8.54. The van der Waals surface area contributed by atoms with E-state index in [-0.39, 0.29) is 25.0 Å². The summed E-state index contributed by atoms with van der Waals surface area (Å²) in [5.74, 6) is 1.41. The van der Waals surface area contributed by atoms with Gasteiger partial charge in [-0.1, -0.05) is 16.8 Å². The Balaban J connectivity index is 1.38. The molecule has 0 radical (unpaired) electrons. The molecule has 0 aliphatic carbocycles. The van der Waals surface area contributed by atoms with Crippen LogP contribution in [0.25, 0.3) is 0 Å². The van der Waals surface area contributed by atoms with E-state index in [9.17, 15) is 9.59 Å². The zero-order valence-electron chi connectivity index (χ0n) is 15.0. The van der Waals surface area contributed by atoms with Crippen LogP contribution in [-0.2, 0) is 9.59 Å². The molecule has 2 heterocycles. The highest BCUT2D eigenvalue weighted by atomic mass is 35.5. The Hall–Kier alpha value is -2.58. The molecule has 27 heavy (non-hydrogen) atoms. The zero-order chi connectivity index (χ0) is 19.2. The molecule has 0 atom stereocenters. The van der Waals surface area contributed by atoms with E-state index in [1.807, 2.05) is 4.90 Å². The van der Waals surface area contributed by atoms with Crippen molar-refractivity contribution < 1.29 is 18.8 Å². The van der Waals surface area contributed by atoms with Crippen LogP contribution in [0.1, 0.15) is 5.76 Å². The summed E-state index contributed by atoms with van der Waals surface area (Å²) >= 11 is 5.82. The molecule has 1 aliphatic heterocycles. The zero-order valence-corrected chi connectivity index (χ0v) is 15.7. The van der Waals surface area contributed by atoms with Crippen LogP contribution >= 0.6 is 11.6 Å². The Labute approximate surface area is 162 Å². The minimum atomic E-state index is -0.158. The fraction of sp³-hybridized carbons (Fsp3) is 0.389. The number of amides is 2. The minimum Gasteiger partial charge on any atom is -0.484 e. The number of carbonyl (C=O) groups is 2. The van der Waals surface area contributed by atoms with E-state index in [2.05, 4.69) is 10.5 Å². The van der Waals surface area contributed by atoms with Crippen LogP contribution in [0.4, 0.5) is 5.82 Å². The number of nitrogens with one attached hydrogen (secondary N) is 1. The van der Waals surface area contributed by atoms with Crippen molar-refractivity contribution in [3.63, 3.8) is 0 Å². The molecule has 144 valence electrons. The Morgan fingerprint density at radius 3 is 2.56 bits per heavy atom. The number of anilines is 1. The van der Waals surface area contributed by atoms with Crippen molar-refractivity contribution in [2.75, 3.05) is 44.6 Å². The average molecular weight is 393 g/mol.